The van der Waals surface area contributed by atoms with Crippen LogP contribution in [0.15, 0.2) is 54.1 Å². The first-order valence-corrected chi connectivity index (χ1v) is 7.86. The van der Waals surface area contributed by atoms with Crippen molar-refractivity contribution < 1.29 is 0 Å². The molecule has 0 saturated carbocycles. The van der Waals surface area contributed by atoms with Gasteiger partial charge in [-0.15, -0.1) is 0 Å². The summed E-state index contributed by atoms with van der Waals surface area (Å²) >= 11 is 0. The third-order valence-corrected chi connectivity index (χ3v) is 4.30. The summed E-state index contributed by atoms with van der Waals surface area (Å²) in [5.74, 6) is 0.982. The van der Waals surface area contributed by atoms with Crippen LogP contribution < -0.4 is 4.90 Å². The number of benzene rings is 1. The van der Waals surface area contributed by atoms with Crippen molar-refractivity contribution in [3.63, 3.8) is 0 Å². The van der Waals surface area contributed by atoms with Gasteiger partial charge in [0.1, 0.15) is 0 Å². The summed E-state index contributed by atoms with van der Waals surface area (Å²) in [7, 11) is 2.18. The van der Waals surface area contributed by atoms with E-state index in [9.17, 15) is 0 Å². The van der Waals surface area contributed by atoms with Crippen LogP contribution in [0, 0.1) is 11.8 Å². The molecule has 0 N–H and O–H groups in total. The van der Waals surface area contributed by atoms with Gasteiger partial charge in [-0.3, -0.25) is 0 Å². The van der Waals surface area contributed by atoms with Crippen LogP contribution in [-0.4, -0.2) is 13.6 Å². The minimum absolute atomic E-state index is 0.480. The topological polar surface area (TPSA) is 3.24 Å². The van der Waals surface area contributed by atoms with Crippen LogP contribution >= 0.6 is 0 Å². The van der Waals surface area contributed by atoms with Gasteiger partial charge in [0.2, 0.25) is 0 Å². The maximum atomic E-state index is 4.43. The summed E-state index contributed by atoms with van der Waals surface area (Å²) in [4.78, 5) is 2.36. The molecule has 2 rings (SSSR count). The number of hydrogen-bond donors (Lipinski definition) is 0. The highest BCUT2D eigenvalue weighted by atomic mass is 15.1. The molecule has 1 atom stereocenters. The number of rotatable bonds is 3. The maximum Gasteiger partial charge on any atom is 0.0437 e. The van der Waals surface area contributed by atoms with Crippen LogP contribution in [0.25, 0.3) is 6.08 Å². The lowest BCUT2D eigenvalue weighted by molar-refractivity contribution is 0.600. The number of anilines is 1. The van der Waals surface area contributed by atoms with Crippen molar-refractivity contribution in [2.45, 2.75) is 27.2 Å². The van der Waals surface area contributed by atoms with Crippen molar-refractivity contribution in [3.8, 4) is 0 Å². The Hall–Kier alpha value is -1.76. The lowest BCUT2D eigenvalue weighted by atomic mass is 9.83. The van der Waals surface area contributed by atoms with Gasteiger partial charge in [-0.05, 0) is 48.1 Å². The van der Waals surface area contributed by atoms with Crippen molar-refractivity contribution in [1.82, 2.24) is 0 Å². The van der Waals surface area contributed by atoms with Crippen molar-refractivity contribution in [3.05, 3.63) is 59.7 Å². The average Bonchev–Trinajstić information content (AvgIpc) is 2.47. The van der Waals surface area contributed by atoms with Crippen molar-refractivity contribution in [1.29, 1.82) is 0 Å². The molecule has 1 aliphatic rings. The fourth-order valence-electron chi connectivity index (χ4n) is 3.05. The van der Waals surface area contributed by atoms with Crippen LogP contribution in [0.2, 0.25) is 0 Å². The molecule has 1 aliphatic heterocycles. The Morgan fingerprint density at radius 1 is 1.33 bits per heavy atom. The Balaban J connectivity index is 2.49. The monoisotopic (exact) mass is 281 g/mol. The third kappa shape index (κ3) is 3.47. The number of nitrogens with zero attached hydrogens (tertiary/aromatic N) is 1. The van der Waals surface area contributed by atoms with Crippen LogP contribution in [0.3, 0.4) is 0 Å². The molecule has 1 aromatic rings. The molecule has 0 spiro atoms. The fourth-order valence-corrected chi connectivity index (χ4v) is 3.05. The first kappa shape index (κ1) is 15.6. The number of para-hydroxylation sites is 1. The van der Waals surface area contributed by atoms with E-state index in [4.69, 9.17) is 0 Å². The summed E-state index contributed by atoms with van der Waals surface area (Å²) in [5, 5.41) is 0. The molecule has 0 aliphatic carbocycles. The molecule has 1 aromatic carbocycles. The second kappa shape index (κ2) is 6.80. The molecule has 0 bridgehead atoms. The van der Waals surface area contributed by atoms with Gasteiger partial charge in [-0.25, -0.2) is 0 Å². The van der Waals surface area contributed by atoms with E-state index >= 15 is 0 Å². The number of allylic oxidation sites excluding steroid dienone is 3. The van der Waals surface area contributed by atoms with Crippen molar-refractivity contribution >= 4 is 11.8 Å². The highest BCUT2D eigenvalue weighted by Gasteiger charge is 2.22. The van der Waals surface area contributed by atoms with E-state index in [-0.39, 0.29) is 0 Å². The molecule has 0 aromatic heterocycles. The van der Waals surface area contributed by atoms with E-state index in [1.807, 2.05) is 0 Å². The van der Waals surface area contributed by atoms with Gasteiger partial charge >= 0.3 is 0 Å². The lowest BCUT2D eigenvalue weighted by Crippen LogP contribution is -2.29. The molecule has 0 fully saturated rings. The van der Waals surface area contributed by atoms with E-state index in [2.05, 4.69) is 81.8 Å². The molecule has 0 radical (unpaired) electrons. The van der Waals surface area contributed by atoms with Crippen LogP contribution in [0.1, 0.15) is 32.8 Å². The Morgan fingerprint density at radius 3 is 2.71 bits per heavy atom. The van der Waals surface area contributed by atoms with Crippen molar-refractivity contribution in [2.75, 3.05) is 18.5 Å². The quantitative estimate of drug-likeness (QED) is 0.678. The van der Waals surface area contributed by atoms with Gasteiger partial charge in [-0.1, -0.05) is 50.8 Å². The summed E-state index contributed by atoms with van der Waals surface area (Å²) in [5.41, 5.74) is 5.30. The van der Waals surface area contributed by atoms with E-state index in [1.54, 1.807) is 0 Å². The summed E-state index contributed by atoms with van der Waals surface area (Å²) in [6.45, 7) is 12.1. The molecule has 112 valence electrons. The van der Waals surface area contributed by atoms with Gasteiger partial charge in [0.05, 0.1) is 0 Å². The first-order valence-electron chi connectivity index (χ1n) is 7.86. The average molecular weight is 281 g/mol. The molecule has 1 heteroatoms. The Kier molecular flexibility index (Phi) is 5.06. The molecule has 21 heavy (non-hydrogen) atoms. The van der Waals surface area contributed by atoms with Gasteiger partial charge in [-0.2, -0.15) is 0 Å². The molecule has 1 unspecified atom stereocenters. The van der Waals surface area contributed by atoms with E-state index in [0.29, 0.717) is 11.8 Å². The second-order valence-electron chi connectivity index (χ2n) is 6.22. The molecule has 0 saturated heterocycles. The normalized spacial score (nSPS) is 22.0. The predicted molar refractivity (Wildman–Crippen MR) is 94.6 cm³/mol. The zero-order valence-corrected chi connectivity index (χ0v) is 13.8. The highest BCUT2D eigenvalue weighted by Crippen LogP contribution is 2.35. The maximum absolute atomic E-state index is 4.43. The van der Waals surface area contributed by atoms with Gasteiger partial charge < -0.3 is 4.90 Å². The van der Waals surface area contributed by atoms with E-state index < -0.39 is 0 Å². The molecular formula is C20H27N. The largest absolute Gasteiger partial charge is 0.373 e. The standard InChI is InChI=1S/C20H27N/c1-6-7-10-18-14-21(5)20-12-9-8-11-17(20)13-19(15(2)3)16(18)4/h6-9,11-13,15,18H,4,10,14H2,1-3,5H3/b7-6-,19-13-. The summed E-state index contributed by atoms with van der Waals surface area (Å²) in [6.07, 6.45) is 7.79. The second-order valence-corrected chi connectivity index (χ2v) is 6.22. The lowest BCUT2D eigenvalue weighted by Gasteiger charge is -2.32. The Bertz CT molecular complexity index is 563. The predicted octanol–water partition coefficient (Wildman–Crippen LogP) is 5.31. The number of hydrogen-bond acceptors (Lipinski definition) is 1. The molecular weight excluding hydrogens is 254 g/mol. The van der Waals surface area contributed by atoms with Crippen LogP contribution in [0.4, 0.5) is 5.69 Å². The van der Waals surface area contributed by atoms with Crippen LogP contribution in [-0.2, 0) is 0 Å². The molecule has 1 nitrogen and oxygen atoms in total. The minimum Gasteiger partial charge on any atom is -0.373 e. The molecule has 1 heterocycles. The minimum atomic E-state index is 0.480. The van der Waals surface area contributed by atoms with E-state index in [1.165, 1.54) is 22.4 Å². The fraction of sp³-hybridized carbons (Fsp3) is 0.400. The van der Waals surface area contributed by atoms with Gasteiger partial charge in [0.15, 0.2) is 0 Å². The smallest absolute Gasteiger partial charge is 0.0437 e. The first-order chi connectivity index (χ1) is 10.0. The number of fused-ring (bicyclic) bond motifs is 1. The summed E-state index contributed by atoms with van der Waals surface area (Å²) in [6, 6.07) is 8.65. The Labute approximate surface area is 129 Å². The third-order valence-electron chi connectivity index (χ3n) is 4.30. The SMILES string of the molecule is C=C1/C(C(C)C)=C\c2ccccc2N(C)CC1C/C=C\C. The van der Waals surface area contributed by atoms with Gasteiger partial charge in [0, 0.05) is 25.2 Å². The van der Waals surface area contributed by atoms with Crippen LogP contribution in [0.5, 0.6) is 0 Å². The van der Waals surface area contributed by atoms with Gasteiger partial charge in [0.25, 0.3) is 0 Å². The zero-order chi connectivity index (χ0) is 15.4. The van der Waals surface area contributed by atoms with E-state index in [0.717, 1.165) is 13.0 Å². The highest BCUT2D eigenvalue weighted by molar-refractivity contribution is 5.72. The Morgan fingerprint density at radius 2 is 2.05 bits per heavy atom. The van der Waals surface area contributed by atoms with Crippen molar-refractivity contribution in [2.24, 2.45) is 11.8 Å². The summed E-state index contributed by atoms with van der Waals surface area (Å²) < 4.78 is 0. The zero-order valence-electron chi connectivity index (χ0n) is 13.8. The molecule has 0 amide bonds.